The molecule has 2 amide bonds. The summed E-state index contributed by atoms with van der Waals surface area (Å²) < 4.78 is 5.65. The Hall–Kier alpha value is -2.20. The van der Waals surface area contributed by atoms with E-state index < -0.39 is 0 Å². The van der Waals surface area contributed by atoms with Crippen molar-refractivity contribution in [3.05, 3.63) is 59.1 Å². The largest absolute Gasteiger partial charge is 0.489 e. The molecule has 0 unspecified atom stereocenters. The molecule has 5 heteroatoms. The molecule has 0 atom stereocenters. The number of anilines is 1. The number of ether oxygens (including phenoxy) is 1. The lowest BCUT2D eigenvalue weighted by Crippen LogP contribution is -2.27. The second-order valence-electron chi connectivity index (χ2n) is 4.77. The Labute approximate surface area is 129 Å². The molecule has 0 spiro atoms. The first kappa shape index (κ1) is 15.2. The summed E-state index contributed by atoms with van der Waals surface area (Å²) in [5.74, 6) is 0.729. The number of amides is 2. The lowest BCUT2D eigenvalue weighted by molar-refractivity contribution is 0.230. The molecule has 0 fully saturated rings. The number of nitrogens with zero attached hydrogens (tertiary/aromatic N) is 1. The fourth-order valence-corrected chi connectivity index (χ4v) is 1.82. The van der Waals surface area contributed by atoms with Crippen LogP contribution < -0.4 is 10.1 Å². The Kier molecular flexibility index (Phi) is 5.06. The van der Waals surface area contributed by atoms with Gasteiger partial charge in [0.15, 0.2) is 0 Å². The molecule has 0 aliphatic heterocycles. The van der Waals surface area contributed by atoms with Gasteiger partial charge in [-0.25, -0.2) is 4.79 Å². The van der Waals surface area contributed by atoms with Crippen molar-refractivity contribution >= 4 is 23.3 Å². The molecule has 21 heavy (non-hydrogen) atoms. The molecule has 2 aromatic carbocycles. The Morgan fingerprint density at radius 2 is 1.90 bits per heavy atom. The number of urea groups is 1. The van der Waals surface area contributed by atoms with Crippen LogP contribution in [0.4, 0.5) is 10.5 Å². The van der Waals surface area contributed by atoms with Crippen LogP contribution in [0.2, 0.25) is 5.02 Å². The highest BCUT2D eigenvalue weighted by Gasteiger charge is 2.03. The Morgan fingerprint density at radius 3 is 2.52 bits per heavy atom. The van der Waals surface area contributed by atoms with Gasteiger partial charge in [0.05, 0.1) is 0 Å². The zero-order valence-corrected chi connectivity index (χ0v) is 12.7. The predicted molar refractivity (Wildman–Crippen MR) is 84.9 cm³/mol. The van der Waals surface area contributed by atoms with E-state index in [1.165, 1.54) is 4.90 Å². The van der Waals surface area contributed by atoms with Crippen LogP contribution in [-0.2, 0) is 6.61 Å². The number of rotatable bonds is 4. The van der Waals surface area contributed by atoms with E-state index in [-0.39, 0.29) is 6.03 Å². The normalized spacial score (nSPS) is 10.0. The minimum Gasteiger partial charge on any atom is -0.489 e. The molecule has 0 saturated heterocycles. The van der Waals surface area contributed by atoms with E-state index in [0.29, 0.717) is 11.6 Å². The molecular formula is C16H17ClN2O2. The second kappa shape index (κ2) is 6.99. The lowest BCUT2D eigenvalue weighted by atomic mass is 10.2. The van der Waals surface area contributed by atoms with Crippen molar-refractivity contribution in [3.63, 3.8) is 0 Å². The number of hydrogen-bond donors (Lipinski definition) is 1. The van der Waals surface area contributed by atoms with Crippen LogP contribution >= 0.6 is 11.6 Å². The maximum atomic E-state index is 11.5. The number of hydrogen-bond acceptors (Lipinski definition) is 2. The molecule has 0 radical (unpaired) electrons. The van der Waals surface area contributed by atoms with Crippen LogP contribution in [0.15, 0.2) is 48.5 Å². The van der Waals surface area contributed by atoms with Crippen LogP contribution in [0.1, 0.15) is 5.56 Å². The van der Waals surface area contributed by atoms with Gasteiger partial charge in [-0.1, -0.05) is 29.8 Å². The van der Waals surface area contributed by atoms with Crippen molar-refractivity contribution in [1.29, 1.82) is 0 Å². The van der Waals surface area contributed by atoms with Crippen LogP contribution in [0.5, 0.6) is 5.75 Å². The highest BCUT2D eigenvalue weighted by atomic mass is 35.5. The topological polar surface area (TPSA) is 41.6 Å². The maximum absolute atomic E-state index is 11.5. The monoisotopic (exact) mass is 304 g/mol. The number of halogens is 1. The van der Waals surface area contributed by atoms with Gasteiger partial charge in [-0.15, -0.1) is 0 Å². The van der Waals surface area contributed by atoms with Crippen LogP contribution in [0.25, 0.3) is 0 Å². The molecule has 0 bridgehead atoms. The lowest BCUT2D eigenvalue weighted by Gasteiger charge is -2.12. The Morgan fingerprint density at radius 1 is 1.19 bits per heavy atom. The first-order valence-electron chi connectivity index (χ1n) is 6.50. The third-order valence-corrected chi connectivity index (χ3v) is 3.05. The summed E-state index contributed by atoms with van der Waals surface area (Å²) in [6.07, 6.45) is 0. The van der Waals surface area contributed by atoms with E-state index in [9.17, 15) is 4.79 Å². The summed E-state index contributed by atoms with van der Waals surface area (Å²) in [7, 11) is 3.39. The van der Waals surface area contributed by atoms with Gasteiger partial charge in [-0.3, -0.25) is 0 Å². The smallest absolute Gasteiger partial charge is 0.321 e. The van der Waals surface area contributed by atoms with Gasteiger partial charge in [-0.05, 0) is 35.9 Å². The maximum Gasteiger partial charge on any atom is 0.321 e. The standard InChI is InChI=1S/C16H17ClN2O2/c1-19(2)16(20)18-14-8-6-12(7-9-14)11-21-15-5-3-4-13(17)10-15/h3-10H,11H2,1-2H3,(H,18,20). The highest BCUT2D eigenvalue weighted by molar-refractivity contribution is 6.30. The van der Waals surface area contributed by atoms with Gasteiger partial charge < -0.3 is 15.0 Å². The van der Waals surface area contributed by atoms with E-state index >= 15 is 0 Å². The van der Waals surface area contributed by atoms with Gasteiger partial charge in [0.2, 0.25) is 0 Å². The number of nitrogens with one attached hydrogen (secondary N) is 1. The van der Waals surface area contributed by atoms with Crippen molar-refractivity contribution in [2.45, 2.75) is 6.61 Å². The van der Waals surface area contributed by atoms with E-state index in [1.54, 1.807) is 26.2 Å². The van der Waals surface area contributed by atoms with E-state index in [1.807, 2.05) is 36.4 Å². The van der Waals surface area contributed by atoms with Crippen LogP contribution in [-0.4, -0.2) is 25.0 Å². The summed E-state index contributed by atoms with van der Waals surface area (Å²) in [6, 6.07) is 14.6. The van der Waals surface area contributed by atoms with Gasteiger partial charge >= 0.3 is 6.03 Å². The molecule has 2 aromatic rings. The second-order valence-corrected chi connectivity index (χ2v) is 5.20. The molecule has 4 nitrogen and oxygen atoms in total. The average molecular weight is 305 g/mol. The van der Waals surface area contributed by atoms with Crippen molar-refractivity contribution in [1.82, 2.24) is 4.90 Å². The molecule has 1 N–H and O–H groups in total. The molecule has 0 aromatic heterocycles. The number of carbonyl (C=O) groups is 1. The van der Waals surface area contributed by atoms with E-state index in [4.69, 9.17) is 16.3 Å². The summed E-state index contributed by atoms with van der Waals surface area (Å²) in [6.45, 7) is 0.447. The summed E-state index contributed by atoms with van der Waals surface area (Å²) in [5.41, 5.74) is 1.76. The minimum absolute atomic E-state index is 0.155. The summed E-state index contributed by atoms with van der Waals surface area (Å²) in [4.78, 5) is 13.0. The minimum atomic E-state index is -0.155. The first-order chi connectivity index (χ1) is 10.0. The van der Waals surface area contributed by atoms with E-state index in [0.717, 1.165) is 17.0 Å². The van der Waals surface area contributed by atoms with Gasteiger partial charge in [0.1, 0.15) is 12.4 Å². The Balaban J connectivity index is 1.92. The third kappa shape index (κ3) is 4.68. The van der Waals surface area contributed by atoms with Gasteiger partial charge in [0, 0.05) is 24.8 Å². The zero-order valence-electron chi connectivity index (χ0n) is 12.0. The molecule has 2 rings (SSSR count). The zero-order chi connectivity index (χ0) is 15.2. The fourth-order valence-electron chi connectivity index (χ4n) is 1.64. The van der Waals surface area contributed by atoms with E-state index in [2.05, 4.69) is 5.32 Å². The fraction of sp³-hybridized carbons (Fsp3) is 0.188. The summed E-state index contributed by atoms with van der Waals surface area (Å²) in [5, 5.41) is 3.43. The van der Waals surface area contributed by atoms with Crippen molar-refractivity contribution in [2.75, 3.05) is 19.4 Å². The molecule has 0 aliphatic carbocycles. The van der Waals surface area contributed by atoms with Crippen molar-refractivity contribution in [2.24, 2.45) is 0 Å². The average Bonchev–Trinajstić information content (AvgIpc) is 2.46. The van der Waals surface area contributed by atoms with Gasteiger partial charge in [0.25, 0.3) is 0 Å². The molecule has 0 heterocycles. The van der Waals surface area contributed by atoms with Crippen molar-refractivity contribution < 1.29 is 9.53 Å². The van der Waals surface area contributed by atoms with Crippen LogP contribution in [0, 0.1) is 0 Å². The first-order valence-corrected chi connectivity index (χ1v) is 6.88. The summed E-state index contributed by atoms with van der Waals surface area (Å²) >= 11 is 5.90. The predicted octanol–water partition coefficient (Wildman–Crippen LogP) is 4.01. The number of benzene rings is 2. The number of carbonyl (C=O) groups excluding carboxylic acids is 1. The quantitative estimate of drug-likeness (QED) is 0.927. The molecule has 0 aliphatic rings. The van der Waals surface area contributed by atoms with Gasteiger partial charge in [-0.2, -0.15) is 0 Å². The Bertz CT molecular complexity index is 612. The SMILES string of the molecule is CN(C)C(=O)Nc1ccc(COc2cccc(Cl)c2)cc1. The van der Waals surface area contributed by atoms with Crippen molar-refractivity contribution in [3.8, 4) is 5.75 Å². The molecule has 110 valence electrons. The third-order valence-electron chi connectivity index (χ3n) is 2.81. The van der Waals surface area contributed by atoms with Crippen LogP contribution in [0.3, 0.4) is 0 Å². The molecular weight excluding hydrogens is 288 g/mol. The molecule has 0 saturated carbocycles. The highest BCUT2D eigenvalue weighted by Crippen LogP contribution is 2.19.